The highest BCUT2D eigenvalue weighted by Gasteiger charge is 2.29. The average molecular weight is 239 g/mol. The van der Waals surface area contributed by atoms with Crippen LogP contribution in [0.15, 0.2) is 41.1 Å². The molecule has 3 aromatic rings. The van der Waals surface area contributed by atoms with Crippen LogP contribution in [-0.4, -0.2) is 14.7 Å². The van der Waals surface area contributed by atoms with E-state index in [1.54, 1.807) is 0 Å². The van der Waals surface area contributed by atoms with E-state index in [4.69, 9.17) is 4.52 Å². The van der Waals surface area contributed by atoms with Gasteiger partial charge < -0.3 is 9.09 Å². The number of hydrogen-bond donors (Lipinski definition) is 0. The van der Waals surface area contributed by atoms with Crippen molar-refractivity contribution in [2.45, 2.75) is 25.3 Å². The molecule has 4 rings (SSSR count). The molecule has 2 heterocycles. The van der Waals surface area contributed by atoms with E-state index in [1.807, 2.05) is 12.1 Å². The quantitative estimate of drug-likeness (QED) is 0.705. The van der Waals surface area contributed by atoms with E-state index < -0.39 is 0 Å². The molecular formula is C14H13N3O. The third-order valence-corrected chi connectivity index (χ3v) is 3.40. The van der Waals surface area contributed by atoms with Crippen LogP contribution in [0.5, 0.6) is 0 Å². The van der Waals surface area contributed by atoms with Crippen LogP contribution in [0.3, 0.4) is 0 Å². The van der Waals surface area contributed by atoms with Gasteiger partial charge in [-0.25, -0.2) is 0 Å². The molecule has 1 aliphatic rings. The van der Waals surface area contributed by atoms with E-state index in [9.17, 15) is 0 Å². The number of benzene rings is 1. The summed E-state index contributed by atoms with van der Waals surface area (Å²) < 4.78 is 7.42. The van der Waals surface area contributed by atoms with Crippen LogP contribution < -0.4 is 0 Å². The summed E-state index contributed by atoms with van der Waals surface area (Å²) in [7, 11) is 0. The van der Waals surface area contributed by atoms with Gasteiger partial charge in [0, 0.05) is 17.6 Å². The molecule has 1 aromatic carbocycles. The van der Waals surface area contributed by atoms with Crippen LogP contribution in [0.25, 0.3) is 10.9 Å². The van der Waals surface area contributed by atoms with Crippen molar-refractivity contribution in [2.24, 2.45) is 0 Å². The van der Waals surface area contributed by atoms with Gasteiger partial charge in [-0.15, -0.1) is 0 Å². The Bertz CT molecular complexity index is 694. The molecule has 4 nitrogen and oxygen atoms in total. The second kappa shape index (κ2) is 3.70. The van der Waals surface area contributed by atoms with Crippen molar-refractivity contribution in [1.29, 1.82) is 0 Å². The Morgan fingerprint density at radius 2 is 2.11 bits per heavy atom. The molecule has 0 aliphatic heterocycles. The fourth-order valence-electron chi connectivity index (χ4n) is 2.26. The van der Waals surface area contributed by atoms with Crippen molar-refractivity contribution in [3.8, 4) is 0 Å². The molecule has 0 amide bonds. The number of para-hydroxylation sites is 1. The minimum absolute atomic E-state index is 0.521. The molecule has 1 saturated carbocycles. The molecule has 4 heteroatoms. The van der Waals surface area contributed by atoms with Crippen molar-refractivity contribution in [3.63, 3.8) is 0 Å². The second-order valence-corrected chi connectivity index (χ2v) is 4.83. The fourth-order valence-corrected chi connectivity index (χ4v) is 2.26. The van der Waals surface area contributed by atoms with Crippen molar-refractivity contribution in [2.75, 3.05) is 0 Å². The topological polar surface area (TPSA) is 43.9 Å². The molecule has 0 radical (unpaired) electrons. The Kier molecular flexibility index (Phi) is 2.03. The number of fused-ring (bicyclic) bond motifs is 1. The van der Waals surface area contributed by atoms with Gasteiger partial charge in [-0.2, -0.15) is 4.98 Å². The van der Waals surface area contributed by atoms with E-state index in [-0.39, 0.29) is 0 Å². The molecule has 0 unspecified atom stereocenters. The third-order valence-electron chi connectivity index (χ3n) is 3.40. The first-order valence-electron chi connectivity index (χ1n) is 6.26. The first-order chi connectivity index (χ1) is 8.90. The maximum atomic E-state index is 5.27. The number of hydrogen-bond acceptors (Lipinski definition) is 3. The molecule has 90 valence electrons. The van der Waals surface area contributed by atoms with E-state index in [2.05, 4.69) is 39.1 Å². The van der Waals surface area contributed by atoms with Crippen molar-refractivity contribution in [3.05, 3.63) is 48.2 Å². The van der Waals surface area contributed by atoms with Crippen molar-refractivity contribution >= 4 is 10.9 Å². The Balaban J connectivity index is 1.66. The van der Waals surface area contributed by atoms with Crippen LogP contribution >= 0.6 is 0 Å². The van der Waals surface area contributed by atoms with Crippen molar-refractivity contribution < 1.29 is 4.52 Å². The predicted molar refractivity (Wildman–Crippen MR) is 67.3 cm³/mol. The van der Waals surface area contributed by atoms with Crippen LogP contribution in [0.1, 0.15) is 30.5 Å². The summed E-state index contributed by atoms with van der Waals surface area (Å²) in [5.41, 5.74) is 1.20. The lowest BCUT2D eigenvalue weighted by Gasteiger charge is -2.00. The molecule has 0 atom stereocenters. The highest BCUT2D eigenvalue weighted by molar-refractivity contribution is 5.79. The summed E-state index contributed by atoms with van der Waals surface area (Å²) in [5, 5.41) is 5.29. The molecule has 2 aromatic heterocycles. The van der Waals surface area contributed by atoms with Gasteiger partial charge in [0.05, 0.1) is 6.54 Å². The van der Waals surface area contributed by atoms with E-state index in [1.165, 1.54) is 23.7 Å². The maximum absolute atomic E-state index is 5.27. The van der Waals surface area contributed by atoms with Gasteiger partial charge in [-0.05, 0) is 30.4 Å². The lowest BCUT2D eigenvalue weighted by atomic mass is 10.2. The predicted octanol–water partition coefficient (Wildman–Crippen LogP) is 2.95. The van der Waals surface area contributed by atoms with Crippen LogP contribution in [0.2, 0.25) is 0 Å². The second-order valence-electron chi connectivity index (χ2n) is 4.83. The van der Waals surface area contributed by atoms with Gasteiger partial charge in [0.15, 0.2) is 5.82 Å². The van der Waals surface area contributed by atoms with Crippen LogP contribution in [0, 0.1) is 0 Å². The Morgan fingerprint density at radius 1 is 1.22 bits per heavy atom. The minimum atomic E-state index is 0.521. The van der Waals surface area contributed by atoms with Gasteiger partial charge in [0.2, 0.25) is 5.89 Å². The standard InChI is InChI=1S/C14H13N3O/c1-2-4-12-10(3-1)7-8-17(12)9-13-15-14(18-16-13)11-5-6-11/h1-4,7-8,11H,5-6,9H2. The maximum Gasteiger partial charge on any atom is 0.229 e. The minimum Gasteiger partial charge on any atom is -0.340 e. The summed E-state index contributed by atoms with van der Waals surface area (Å²) >= 11 is 0. The smallest absolute Gasteiger partial charge is 0.229 e. The molecule has 18 heavy (non-hydrogen) atoms. The highest BCUT2D eigenvalue weighted by atomic mass is 16.5. The molecule has 1 aliphatic carbocycles. The van der Waals surface area contributed by atoms with E-state index in [0.717, 1.165) is 11.7 Å². The lowest BCUT2D eigenvalue weighted by molar-refractivity contribution is 0.373. The molecule has 0 saturated heterocycles. The van der Waals surface area contributed by atoms with Gasteiger partial charge in [0.1, 0.15) is 0 Å². The Hall–Kier alpha value is -2.10. The SMILES string of the molecule is c1ccc2c(c1)ccn2Cc1noc(C2CC2)n1. The zero-order valence-electron chi connectivity index (χ0n) is 9.91. The van der Waals surface area contributed by atoms with Gasteiger partial charge in [-0.1, -0.05) is 23.4 Å². The summed E-state index contributed by atoms with van der Waals surface area (Å²) in [4.78, 5) is 4.46. The highest BCUT2D eigenvalue weighted by Crippen LogP contribution is 2.38. The summed E-state index contributed by atoms with van der Waals surface area (Å²) in [6, 6.07) is 10.4. The largest absolute Gasteiger partial charge is 0.340 e. The molecule has 1 fully saturated rings. The van der Waals surface area contributed by atoms with E-state index >= 15 is 0 Å². The van der Waals surface area contributed by atoms with Crippen LogP contribution in [0.4, 0.5) is 0 Å². The van der Waals surface area contributed by atoms with E-state index in [0.29, 0.717) is 12.5 Å². The lowest BCUT2D eigenvalue weighted by Crippen LogP contribution is -1.99. The summed E-state index contributed by atoms with van der Waals surface area (Å²) in [6.07, 6.45) is 4.44. The van der Waals surface area contributed by atoms with Crippen molar-refractivity contribution in [1.82, 2.24) is 14.7 Å². The number of nitrogens with zero attached hydrogens (tertiary/aromatic N) is 3. The average Bonchev–Trinajstić information content (AvgIpc) is 3.02. The fraction of sp³-hybridized carbons (Fsp3) is 0.286. The summed E-state index contributed by atoms with van der Waals surface area (Å²) in [6.45, 7) is 0.670. The monoisotopic (exact) mass is 239 g/mol. The van der Waals surface area contributed by atoms with Crippen LogP contribution in [-0.2, 0) is 6.54 Å². The molecule has 0 bridgehead atoms. The first-order valence-corrected chi connectivity index (χ1v) is 6.26. The molecular weight excluding hydrogens is 226 g/mol. The first kappa shape index (κ1) is 9.88. The zero-order valence-corrected chi connectivity index (χ0v) is 9.91. The third kappa shape index (κ3) is 1.61. The number of aromatic nitrogens is 3. The van der Waals surface area contributed by atoms with Gasteiger partial charge in [-0.3, -0.25) is 0 Å². The normalized spacial score (nSPS) is 15.3. The Labute approximate surface area is 104 Å². The zero-order chi connectivity index (χ0) is 11.9. The van der Waals surface area contributed by atoms with Gasteiger partial charge in [0.25, 0.3) is 0 Å². The molecule has 0 spiro atoms. The van der Waals surface area contributed by atoms with Gasteiger partial charge >= 0.3 is 0 Å². The summed E-state index contributed by atoms with van der Waals surface area (Å²) in [5.74, 6) is 2.09. The number of rotatable bonds is 3. The Morgan fingerprint density at radius 3 is 3.00 bits per heavy atom. The molecule has 0 N–H and O–H groups in total.